The topological polar surface area (TPSA) is 223 Å². The fourth-order valence-corrected chi connectivity index (χ4v) is 6.30. The van der Waals surface area contributed by atoms with E-state index in [0.717, 1.165) is 23.1 Å². The Kier molecular flexibility index (Phi) is 32.1. The standard InChI is InChI=1S/C43H68BrN3O17/c44-10-12-54-14-16-56-18-20-58-22-24-60-26-28-62-30-32-64-34-33-63-31-29-61-27-25-59-23-21-57-19-17-55-15-13-53-11-3-1-2-7-38(48)45-36-6-4-5-35-40(36)43(52)47(42(35)51)37-8-9-39(49)46-41(37)50/h4-6,37H,1-3,7-34H2,(H,45,48)(H,46,49,50). The molecule has 0 radical (unpaired) electrons. The predicted molar refractivity (Wildman–Crippen MR) is 234 cm³/mol. The minimum atomic E-state index is -1.08. The van der Waals surface area contributed by atoms with E-state index in [0.29, 0.717) is 165 Å². The van der Waals surface area contributed by atoms with Gasteiger partial charge in [0, 0.05) is 24.8 Å². The van der Waals surface area contributed by atoms with E-state index in [-0.39, 0.29) is 42.0 Å². The molecule has 2 heterocycles. The summed E-state index contributed by atoms with van der Waals surface area (Å²) in [4.78, 5) is 63.6. The monoisotopic (exact) mass is 977 g/mol. The highest BCUT2D eigenvalue weighted by molar-refractivity contribution is 9.09. The average molecular weight is 979 g/mol. The van der Waals surface area contributed by atoms with Crippen molar-refractivity contribution in [2.75, 3.05) is 169 Å². The van der Waals surface area contributed by atoms with Gasteiger partial charge < -0.3 is 62.2 Å². The van der Waals surface area contributed by atoms with Crippen LogP contribution in [0.2, 0.25) is 0 Å². The molecule has 1 aromatic carbocycles. The first kappa shape index (κ1) is 55.3. The van der Waals surface area contributed by atoms with E-state index in [1.807, 2.05) is 0 Å². The summed E-state index contributed by atoms with van der Waals surface area (Å²) in [6.45, 7) is 12.0. The highest BCUT2D eigenvalue weighted by atomic mass is 79.9. The van der Waals surface area contributed by atoms with Crippen LogP contribution in [0.3, 0.4) is 0 Å². The van der Waals surface area contributed by atoms with Gasteiger partial charge in [-0.15, -0.1) is 0 Å². The number of amides is 5. The van der Waals surface area contributed by atoms with Crippen molar-refractivity contribution in [1.82, 2.24) is 10.2 Å². The van der Waals surface area contributed by atoms with Crippen LogP contribution < -0.4 is 10.6 Å². The lowest BCUT2D eigenvalue weighted by atomic mass is 10.0. The molecule has 21 heteroatoms. The number of benzene rings is 1. The number of carbonyl (C=O) groups is 5. The zero-order valence-electron chi connectivity index (χ0n) is 37.0. The van der Waals surface area contributed by atoms with Crippen LogP contribution in [0, 0.1) is 0 Å². The summed E-state index contributed by atoms with van der Waals surface area (Å²) in [5.41, 5.74) is 0.378. The smallest absolute Gasteiger partial charge is 0.264 e. The highest BCUT2D eigenvalue weighted by Crippen LogP contribution is 2.32. The Labute approximate surface area is 384 Å². The number of halogens is 1. The molecule has 20 nitrogen and oxygen atoms in total. The van der Waals surface area contributed by atoms with Crippen molar-refractivity contribution in [2.24, 2.45) is 0 Å². The number of rotatable bonds is 43. The Bertz CT molecular complexity index is 1460. The molecule has 2 aliphatic rings. The highest BCUT2D eigenvalue weighted by Gasteiger charge is 2.45. The second-order valence-corrected chi connectivity index (χ2v) is 14.9. The molecule has 1 fully saturated rings. The third-order valence-electron chi connectivity index (χ3n) is 9.25. The first-order chi connectivity index (χ1) is 31.4. The lowest BCUT2D eigenvalue weighted by molar-refractivity contribution is -0.136. The van der Waals surface area contributed by atoms with Crippen LogP contribution in [0.15, 0.2) is 18.2 Å². The molecule has 0 aromatic heterocycles. The summed E-state index contributed by atoms with van der Waals surface area (Å²) >= 11 is 3.30. The third-order valence-corrected chi connectivity index (χ3v) is 9.57. The molecule has 0 bridgehead atoms. The largest absolute Gasteiger partial charge is 0.379 e. The molecule has 1 saturated heterocycles. The molecule has 3 rings (SSSR count). The van der Waals surface area contributed by atoms with Crippen LogP contribution in [-0.2, 0) is 71.2 Å². The van der Waals surface area contributed by atoms with Crippen LogP contribution in [-0.4, -0.2) is 204 Å². The van der Waals surface area contributed by atoms with Crippen molar-refractivity contribution in [1.29, 1.82) is 0 Å². The van der Waals surface area contributed by atoms with Gasteiger partial charge in [-0.25, -0.2) is 0 Å². The molecule has 0 saturated carbocycles. The van der Waals surface area contributed by atoms with Crippen molar-refractivity contribution in [3.8, 4) is 0 Å². The Hall–Kier alpha value is -3.03. The number of unbranched alkanes of at least 4 members (excludes halogenated alkanes) is 2. The van der Waals surface area contributed by atoms with E-state index in [4.69, 9.17) is 56.8 Å². The van der Waals surface area contributed by atoms with E-state index >= 15 is 0 Å². The third kappa shape index (κ3) is 24.5. The van der Waals surface area contributed by atoms with Gasteiger partial charge in [-0.3, -0.25) is 34.2 Å². The van der Waals surface area contributed by atoms with Crippen LogP contribution in [0.25, 0.3) is 0 Å². The van der Waals surface area contributed by atoms with Crippen LogP contribution in [0.5, 0.6) is 0 Å². The number of hydrogen-bond donors (Lipinski definition) is 2. The van der Waals surface area contributed by atoms with Crippen LogP contribution >= 0.6 is 15.9 Å². The predicted octanol–water partition coefficient (Wildman–Crippen LogP) is 2.18. The van der Waals surface area contributed by atoms with Gasteiger partial charge in [0.25, 0.3) is 11.8 Å². The van der Waals surface area contributed by atoms with E-state index < -0.39 is 29.7 Å². The maximum Gasteiger partial charge on any atom is 0.264 e. The number of anilines is 1. The lowest BCUT2D eigenvalue weighted by Gasteiger charge is -2.27. The number of imide groups is 2. The number of nitrogens with zero attached hydrogens (tertiary/aromatic N) is 1. The number of hydrogen-bond acceptors (Lipinski definition) is 17. The zero-order valence-corrected chi connectivity index (χ0v) is 38.6. The summed E-state index contributed by atoms with van der Waals surface area (Å²) in [6.07, 6.45) is 2.44. The number of alkyl halides is 1. The number of nitrogens with one attached hydrogen (secondary N) is 2. The van der Waals surface area contributed by atoms with Crippen molar-refractivity contribution < 1.29 is 80.8 Å². The average Bonchev–Trinajstić information content (AvgIpc) is 3.54. The molecule has 2 aliphatic heterocycles. The Morgan fingerprint density at radius 1 is 0.547 bits per heavy atom. The number of ether oxygens (including phenoxy) is 12. The summed E-state index contributed by atoms with van der Waals surface area (Å²) in [5, 5.41) is 5.73. The molecule has 2 N–H and O–H groups in total. The first-order valence-electron chi connectivity index (χ1n) is 22.1. The first-order valence-corrected chi connectivity index (χ1v) is 23.2. The number of fused-ring (bicyclic) bond motifs is 1. The molecule has 0 aliphatic carbocycles. The fraction of sp³-hybridized carbons (Fsp3) is 0.744. The molecular formula is C43H68BrN3O17. The second kappa shape index (κ2) is 37.1. The quantitative estimate of drug-likeness (QED) is 0.0544. The van der Waals surface area contributed by atoms with Crippen molar-refractivity contribution in [3.05, 3.63) is 29.3 Å². The fourth-order valence-electron chi connectivity index (χ4n) is 6.07. The number of carbonyl (C=O) groups excluding carboxylic acids is 5. The second-order valence-electron chi connectivity index (χ2n) is 14.1. The summed E-state index contributed by atoms with van der Waals surface area (Å²) in [5.74, 6) is -2.72. The zero-order chi connectivity index (χ0) is 45.7. The lowest BCUT2D eigenvalue weighted by Crippen LogP contribution is -2.54. The normalized spacial score (nSPS) is 15.0. The maximum atomic E-state index is 13.2. The van der Waals surface area contributed by atoms with Crippen molar-refractivity contribution in [2.45, 2.75) is 44.6 Å². The van der Waals surface area contributed by atoms with E-state index in [1.165, 1.54) is 6.07 Å². The molecule has 1 atom stereocenters. The van der Waals surface area contributed by atoms with Gasteiger partial charge in [0.2, 0.25) is 17.7 Å². The number of piperidine rings is 1. The van der Waals surface area contributed by atoms with Crippen LogP contribution in [0.1, 0.15) is 59.2 Å². The molecule has 5 amide bonds. The van der Waals surface area contributed by atoms with Gasteiger partial charge in [-0.2, -0.15) is 0 Å². The van der Waals surface area contributed by atoms with Crippen LogP contribution in [0.4, 0.5) is 5.69 Å². The van der Waals surface area contributed by atoms with Gasteiger partial charge in [-0.05, 0) is 31.4 Å². The summed E-state index contributed by atoms with van der Waals surface area (Å²) in [6, 6.07) is 3.53. The SMILES string of the molecule is O=C1CCC(N2C(=O)c3cccc(NC(=O)CCCCCOCCOCCOCCOCCOCCOCCOCCOCCOCCOCCOCCOCCBr)c3C2=O)C(=O)N1. The minimum Gasteiger partial charge on any atom is -0.379 e. The molecule has 0 spiro atoms. The Morgan fingerprint density at radius 2 is 0.953 bits per heavy atom. The molecular weight excluding hydrogens is 910 g/mol. The maximum absolute atomic E-state index is 13.2. The summed E-state index contributed by atoms with van der Waals surface area (Å²) < 4.78 is 65.7. The van der Waals surface area contributed by atoms with E-state index in [9.17, 15) is 24.0 Å². The summed E-state index contributed by atoms with van der Waals surface area (Å²) in [7, 11) is 0. The van der Waals surface area contributed by atoms with E-state index in [1.54, 1.807) is 12.1 Å². The van der Waals surface area contributed by atoms with E-state index in [2.05, 4.69) is 26.6 Å². The van der Waals surface area contributed by atoms with Gasteiger partial charge in [-0.1, -0.05) is 28.4 Å². The van der Waals surface area contributed by atoms with Crippen molar-refractivity contribution in [3.63, 3.8) is 0 Å². The van der Waals surface area contributed by atoms with Gasteiger partial charge >= 0.3 is 0 Å². The molecule has 364 valence electrons. The Morgan fingerprint density at radius 3 is 1.36 bits per heavy atom. The van der Waals surface area contributed by atoms with Gasteiger partial charge in [0.05, 0.1) is 169 Å². The molecule has 1 unspecified atom stereocenters. The molecule has 1 aromatic rings. The van der Waals surface area contributed by atoms with Crippen molar-refractivity contribution >= 4 is 51.2 Å². The minimum absolute atomic E-state index is 0.0267. The Balaban J connectivity index is 0.976. The van der Waals surface area contributed by atoms with Gasteiger partial charge in [0.1, 0.15) is 6.04 Å². The molecule has 64 heavy (non-hydrogen) atoms. The van der Waals surface area contributed by atoms with Gasteiger partial charge in [0.15, 0.2) is 0 Å².